The van der Waals surface area contributed by atoms with E-state index in [9.17, 15) is 50.4 Å². The zero-order valence-corrected chi connectivity index (χ0v) is 18.3. The first kappa shape index (κ1) is 26.8. The molecule has 10 N–H and O–H groups in total. The molecule has 0 saturated heterocycles. The van der Waals surface area contributed by atoms with Crippen molar-refractivity contribution in [3.8, 4) is 0 Å². The highest BCUT2D eigenvalue weighted by molar-refractivity contribution is 6.08. The Bertz CT molecular complexity index is 1120. The van der Waals surface area contributed by atoms with Gasteiger partial charge in [-0.2, -0.15) is 0 Å². The number of benzene rings is 2. The summed E-state index contributed by atoms with van der Waals surface area (Å²) in [6, 6.07) is 8.26. The van der Waals surface area contributed by atoms with Crippen molar-refractivity contribution in [3.05, 3.63) is 88.2 Å². The molecule has 1 aromatic heterocycles. The second-order valence-electron chi connectivity index (χ2n) is 7.64. The molecule has 36 heavy (non-hydrogen) atoms. The maximum absolute atomic E-state index is 12.7. The zero-order chi connectivity index (χ0) is 26.6. The third-order valence-electron chi connectivity index (χ3n) is 4.93. The average molecular weight is 501 g/mol. The minimum Gasteiger partial charge on any atom is -0.364 e. The first-order valence-corrected chi connectivity index (χ1v) is 10.3. The van der Waals surface area contributed by atoms with E-state index in [1.807, 2.05) is 0 Å². The van der Waals surface area contributed by atoms with E-state index in [4.69, 9.17) is 0 Å². The maximum atomic E-state index is 12.7. The lowest BCUT2D eigenvalue weighted by molar-refractivity contribution is -0.0485. The summed E-state index contributed by atoms with van der Waals surface area (Å²) in [7, 11) is 0. The van der Waals surface area contributed by atoms with Crippen molar-refractivity contribution < 1.29 is 50.4 Å². The highest BCUT2D eigenvalue weighted by atomic mass is 16.5. The molecule has 1 heterocycles. The van der Waals surface area contributed by atoms with Crippen molar-refractivity contribution in [2.24, 2.45) is 0 Å². The Balaban J connectivity index is 1.82. The second-order valence-corrected chi connectivity index (χ2v) is 7.64. The van der Waals surface area contributed by atoms with Crippen molar-refractivity contribution in [1.29, 1.82) is 0 Å². The fraction of sp³-hybridized carbons (Fsp3) is 0.174. The molecule has 2 aromatic carbocycles. The van der Waals surface area contributed by atoms with Gasteiger partial charge in [-0.15, -0.1) is 0 Å². The first-order valence-electron chi connectivity index (χ1n) is 10.3. The number of carbonyl (C=O) groups excluding carboxylic acids is 2. The first-order chi connectivity index (χ1) is 16.9. The molecule has 0 spiro atoms. The summed E-state index contributed by atoms with van der Waals surface area (Å²) in [4.78, 5) is 29.3. The van der Waals surface area contributed by atoms with Crippen LogP contribution in [-0.4, -0.2) is 57.7 Å². The number of amides is 2. The van der Waals surface area contributed by atoms with Gasteiger partial charge in [-0.25, -0.2) is 0 Å². The lowest BCUT2D eigenvalue weighted by Gasteiger charge is -2.14. The van der Waals surface area contributed by atoms with Gasteiger partial charge >= 0.3 is 0 Å². The third-order valence-corrected chi connectivity index (χ3v) is 4.93. The molecule has 0 unspecified atom stereocenters. The lowest BCUT2D eigenvalue weighted by Crippen LogP contribution is -2.17. The lowest BCUT2D eigenvalue weighted by atomic mass is 10.1. The van der Waals surface area contributed by atoms with Crippen LogP contribution in [0.1, 0.15) is 68.1 Å². The Morgan fingerprint density at radius 3 is 1.11 bits per heavy atom. The van der Waals surface area contributed by atoms with Crippen molar-refractivity contribution in [2.75, 3.05) is 10.6 Å². The third kappa shape index (κ3) is 6.66. The van der Waals surface area contributed by atoms with Crippen molar-refractivity contribution in [3.63, 3.8) is 0 Å². The number of rotatable bonds is 8. The van der Waals surface area contributed by atoms with Crippen LogP contribution in [0.3, 0.4) is 0 Å². The predicted molar refractivity (Wildman–Crippen MR) is 122 cm³/mol. The molecule has 3 aromatic rings. The fourth-order valence-electron chi connectivity index (χ4n) is 3.19. The number of nitrogens with one attached hydrogen (secondary N) is 2. The van der Waals surface area contributed by atoms with Crippen LogP contribution in [0.4, 0.5) is 11.4 Å². The molecule has 13 heteroatoms. The summed E-state index contributed by atoms with van der Waals surface area (Å²) in [5, 5.41) is 80.0. The summed E-state index contributed by atoms with van der Waals surface area (Å²) in [6.07, 6.45) is -5.45. The molecule has 3 rings (SSSR count). The van der Waals surface area contributed by atoms with Crippen LogP contribution in [0.15, 0.2) is 54.9 Å². The largest absolute Gasteiger partial charge is 0.364 e. The van der Waals surface area contributed by atoms with Crippen LogP contribution in [0.2, 0.25) is 0 Å². The van der Waals surface area contributed by atoms with Crippen LogP contribution in [-0.2, 0) is 0 Å². The van der Waals surface area contributed by atoms with Crippen LogP contribution in [0, 0.1) is 0 Å². The Hall–Kier alpha value is -3.79. The Labute approximate surface area is 203 Å². The van der Waals surface area contributed by atoms with E-state index in [1.165, 1.54) is 30.3 Å². The number of aromatic nitrogens is 1. The van der Waals surface area contributed by atoms with Gasteiger partial charge in [0.05, 0.1) is 11.1 Å². The number of hydrogen-bond acceptors (Lipinski definition) is 11. The number of carbonyl (C=O) groups is 2. The molecule has 0 fully saturated rings. The van der Waals surface area contributed by atoms with E-state index >= 15 is 0 Å². The number of aliphatic hydroxyl groups is 8. The monoisotopic (exact) mass is 501 g/mol. The van der Waals surface area contributed by atoms with Gasteiger partial charge in [0.2, 0.25) is 0 Å². The van der Waals surface area contributed by atoms with E-state index < -0.39 is 37.0 Å². The summed E-state index contributed by atoms with van der Waals surface area (Å²) in [5.74, 6) is -1.51. The van der Waals surface area contributed by atoms with Gasteiger partial charge in [0, 0.05) is 46.0 Å². The Morgan fingerprint density at radius 2 is 0.833 bits per heavy atom. The molecular formula is C23H23N3O10. The minimum atomic E-state index is -1.94. The highest BCUT2D eigenvalue weighted by Crippen LogP contribution is 2.25. The standard InChI is InChI=1S/C23H23N3O10/c27-18(25-16-4-10(20(29)30)1-11(5-16)21(31)32)14-3-15(9-24-8-14)19(28)26-17-6-12(22(33)34)2-13(7-17)23(35)36/h1-9,20-23,29-36H,(H,25,27)(H,26,28). The van der Waals surface area contributed by atoms with E-state index in [1.54, 1.807) is 0 Å². The SMILES string of the molecule is O=C(Nc1cc(C(O)O)cc(C(O)O)c1)c1cncc(C(=O)Nc2cc(C(O)O)cc(C(O)O)c2)c1. The normalized spacial score (nSPS) is 11.4. The van der Waals surface area contributed by atoms with Gasteiger partial charge in [-0.05, 0) is 42.5 Å². The van der Waals surface area contributed by atoms with Crippen molar-refractivity contribution >= 4 is 23.2 Å². The van der Waals surface area contributed by atoms with Gasteiger partial charge in [0.1, 0.15) is 0 Å². The molecule has 2 amide bonds. The summed E-state index contributed by atoms with van der Waals surface area (Å²) >= 11 is 0. The smallest absolute Gasteiger partial charge is 0.257 e. The Morgan fingerprint density at radius 1 is 0.528 bits per heavy atom. The van der Waals surface area contributed by atoms with Crippen LogP contribution >= 0.6 is 0 Å². The van der Waals surface area contributed by atoms with Crippen LogP contribution < -0.4 is 10.6 Å². The maximum Gasteiger partial charge on any atom is 0.257 e. The van der Waals surface area contributed by atoms with Gasteiger partial charge in [-0.1, -0.05) is 0 Å². The average Bonchev–Trinajstić information content (AvgIpc) is 2.83. The molecular weight excluding hydrogens is 478 g/mol. The second kappa shape index (κ2) is 11.3. The molecule has 190 valence electrons. The highest BCUT2D eigenvalue weighted by Gasteiger charge is 2.17. The number of pyridine rings is 1. The summed E-state index contributed by atoms with van der Waals surface area (Å²) in [5.41, 5.74) is -0.551. The molecule has 0 aliphatic rings. The molecule has 0 radical (unpaired) electrons. The van der Waals surface area contributed by atoms with E-state index in [0.717, 1.165) is 24.5 Å². The quantitative estimate of drug-likeness (QED) is 0.177. The molecule has 0 aliphatic heterocycles. The number of aliphatic hydroxyl groups excluding tert-OH is 4. The number of anilines is 2. The minimum absolute atomic E-state index is 0.0121. The van der Waals surface area contributed by atoms with Crippen molar-refractivity contribution in [2.45, 2.75) is 25.2 Å². The molecule has 0 atom stereocenters. The van der Waals surface area contributed by atoms with E-state index in [2.05, 4.69) is 15.6 Å². The van der Waals surface area contributed by atoms with Gasteiger partial charge in [0.15, 0.2) is 25.2 Å². The summed E-state index contributed by atoms with van der Waals surface area (Å²) < 4.78 is 0. The van der Waals surface area contributed by atoms with E-state index in [0.29, 0.717) is 0 Å². The Kier molecular flexibility index (Phi) is 8.41. The van der Waals surface area contributed by atoms with Gasteiger partial charge < -0.3 is 51.5 Å². The van der Waals surface area contributed by atoms with Crippen LogP contribution in [0.25, 0.3) is 0 Å². The van der Waals surface area contributed by atoms with Crippen LogP contribution in [0.5, 0.6) is 0 Å². The van der Waals surface area contributed by atoms with Gasteiger partial charge in [-0.3, -0.25) is 14.6 Å². The van der Waals surface area contributed by atoms with Crippen molar-refractivity contribution in [1.82, 2.24) is 4.98 Å². The molecule has 0 saturated carbocycles. The van der Waals surface area contributed by atoms with Gasteiger partial charge in [0.25, 0.3) is 11.8 Å². The predicted octanol–water partition coefficient (Wildman–Crippen LogP) is -0.481. The number of nitrogens with zero attached hydrogens (tertiary/aromatic N) is 1. The number of hydrogen-bond donors (Lipinski definition) is 10. The molecule has 13 nitrogen and oxygen atoms in total. The zero-order valence-electron chi connectivity index (χ0n) is 18.3. The van der Waals surface area contributed by atoms with E-state index in [-0.39, 0.29) is 44.8 Å². The summed E-state index contributed by atoms with van der Waals surface area (Å²) in [6.45, 7) is 0. The molecule has 0 bridgehead atoms. The fourth-order valence-corrected chi connectivity index (χ4v) is 3.19. The molecule has 0 aliphatic carbocycles. The topological polar surface area (TPSA) is 233 Å².